The Morgan fingerprint density at radius 1 is 1.03 bits per heavy atom. The van der Waals surface area contributed by atoms with Crippen LogP contribution >= 0.6 is 15.9 Å². The molecule has 29 heavy (non-hydrogen) atoms. The molecule has 0 aliphatic carbocycles. The summed E-state index contributed by atoms with van der Waals surface area (Å²) in [7, 11) is 1.66. The maximum Gasteiger partial charge on any atom is 0.228 e. The summed E-state index contributed by atoms with van der Waals surface area (Å²) in [4.78, 5) is 14.4. The number of fused-ring (bicyclic) bond motifs is 1. The molecule has 1 aromatic heterocycles. The maximum atomic E-state index is 12.6. The molecule has 4 rings (SSSR count). The average molecular weight is 449 g/mol. The Kier molecular flexibility index (Phi) is 5.41. The Hall–Kier alpha value is -3.05. The minimum atomic E-state index is -0.0254. The predicted molar refractivity (Wildman–Crippen MR) is 121 cm³/mol. The summed E-state index contributed by atoms with van der Waals surface area (Å²) in [5.41, 5.74) is 3.95. The first-order valence-electron chi connectivity index (χ1n) is 9.34. The van der Waals surface area contributed by atoms with E-state index in [9.17, 15) is 4.79 Å². The lowest BCUT2D eigenvalue weighted by Gasteiger charge is -2.20. The number of anilines is 2. The quantitative estimate of drug-likeness (QED) is 0.367. The molecule has 0 fully saturated rings. The topological polar surface area (TPSA) is 34.5 Å². The lowest BCUT2D eigenvalue weighted by Crippen LogP contribution is -2.22. The highest BCUT2D eigenvalue weighted by atomic mass is 79.9. The van der Waals surface area contributed by atoms with Crippen LogP contribution in [0.2, 0.25) is 0 Å². The van der Waals surface area contributed by atoms with Crippen molar-refractivity contribution in [3.8, 4) is 5.75 Å². The minimum Gasteiger partial charge on any atom is -0.497 e. The highest BCUT2D eigenvalue weighted by Crippen LogP contribution is 2.36. The molecule has 0 atom stereocenters. The third-order valence-electron chi connectivity index (χ3n) is 4.91. The van der Waals surface area contributed by atoms with Crippen molar-refractivity contribution >= 4 is 44.1 Å². The van der Waals surface area contributed by atoms with Gasteiger partial charge in [0.25, 0.3) is 0 Å². The van der Waals surface area contributed by atoms with Gasteiger partial charge in [0.15, 0.2) is 0 Å². The number of aromatic nitrogens is 1. The number of methoxy groups -OCH3 is 1. The van der Waals surface area contributed by atoms with Gasteiger partial charge in [-0.05, 0) is 48.0 Å². The Bertz CT molecular complexity index is 1150. The molecule has 0 saturated heterocycles. The molecule has 0 aliphatic rings. The van der Waals surface area contributed by atoms with Crippen molar-refractivity contribution in [3.63, 3.8) is 0 Å². The van der Waals surface area contributed by atoms with Gasteiger partial charge in [-0.3, -0.25) is 9.69 Å². The van der Waals surface area contributed by atoms with E-state index in [1.54, 1.807) is 18.9 Å². The summed E-state index contributed by atoms with van der Waals surface area (Å²) in [5.74, 6) is 0.809. The number of nitrogens with zero attached hydrogens (tertiary/aromatic N) is 2. The molecule has 146 valence electrons. The van der Waals surface area contributed by atoms with Gasteiger partial charge in [0.2, 0.25) is 5.91 Å². The molecular weight excluding hydrogens is 428 g/mol. The smallest absolute Gasteiger partial charge is 0.228 e. The van der Waals surface area contributed by atoms with E-state index < -0.39 is 0 Å². The molecule has 5 heteroatoms. The number of carbonyl (C=O) groups is 1. The number of halogens is 1. The van der Waals surface area contributed by atoms with Crippen molar-refractivity contribution in [3.05, 3.63) is 89.0 Å². The number of benzene rings is 3. The second-order valence-electron chi connectivity index (χ2n) is 6.84. The van der Waals surface area contributed by atoms with E-state index >= 15 is 0 Å². The van der Waals surface area contributed by atoms with E-state index in [0.29, 0.717) is 6.54 Å². The predicted octanol–water partition coefficient (Wildman–Crippen LogP) is 6.15. The van der Waals surface area contributed by atoms with Crippen molar-refractivity contribution in [1.29, 1.82) is 0 Å². The van der Waals surface area contributed by atoms with E-state index in [0.717, 1.165) is 38.1 Å². The number of carbonyl (C=O) groups excluding carboxylic acids is 1. The van der Waals surface area contributed by atoms with E-state index in [1.165, 1.54) is 0 Å². The first kappa shape index (κ1) is 19.3. The van der Waals surface area contributed by atoms with Crippen LogP contribution in [0.4, 0.5) is 11.4 Å². The summed E-state index contributed by atoms with van der Waals surface area (Å²) in [6.07, 6.45) is 2.05. The van der Waals surface area contributed by atoms with E-state index in [-0.39, 0.29) is 5.91 Å². The lowest BCUT2D eigenvalue weighted by atomic mass is 10.2. The molecule has 0 bridgehead atoms. The van der Waals surface area contributed by atoms with Crippen LogP contribution in [0.5, 0.6) is 5.75 Å². The number of hydrogen-bond acceptors (Lipinski definition) is 2. The van der Waals surface area contributed by atoms with Crippen LogP contribution in [0.3, 0.4) is 0 Å². The molecule has 4 nitrogen and oxygen atoms in total. The van der Waals surface area contributed by atoms with Gasteiger partial charge in [-0.2, -0.15) is 0 Å². The van der Waals surface area contributed by atoms with Gasteiger partial charge < -0.3 is 9.30 Å². The van der Waals surface area contributed by atoms with E-state index in [1.807, 2.05) is 48.5 Å². The summed E-state index contributed by atoms with van der Waals surface area (Å²) in [5, 5.41) is 1.03. The van der Waals surface area contributed by atoms with Crippen molar-refractivity contribution in [2.45, 2.75) is 13.5 Å². The van der Waals surface area contributed by atoms with E-state index in [2.05, 4.69) is 51.0 Å². The molecule has 0 spiro atoms. The Morgan fingerprint density at radius 2 is 1.76 bits per heavy atom. The average Bonchev–Trinajstić information content (AvgIpc) is 3.06. The second kappa shape index (κ2) is 8.13. The third-order valence-corrected chi connectivity index (χ3v) is 5.40. The van der Waals surface area contributed by atoms with Crippen molar-refractivity contribution in [1.82, 2.24) is 4.57 Å². The van der Waals surface area contributed by atoms with Crippen LogP contribution in [0.15, 0.2) is 83.5 Å². The van der Waals surface area contributed by atoms with Crippen LogP contribution < -0.4 is 9.64 Å². The molecular formula is C24H21BrN2O2. The fourth-order valence-electron chi connectivity index (χ4n) is 3.55. The van der Waals surface area contributed by atoms with Crippen molar-refractivity contribution < 1.29 is 9.53 Å². The first-order valence-corrected chi connectivity index (χ1v) is 10.1. The SMILES string of the molecule is COc1ccc(Cn2cc(N(C(C)=O)c3ccccc3)c3ccc(Br)cc32)cc1. The molecule has 0 aliphatic heterocycles. The fourth-order valence-corrected chi connectivity index (χ4v) is 3.90. The molecule has 0 saturated carbocycles. The lowest BCUT2D eigenvalue weighted by molar-refractivity contribution is -0.115. The number of hydrogen-bond donors (Lipinski definition) is 0. The molecule has 0 N–H and O–H groups in total. The summed E-state index contributed by atoms with van der Waals surface area (Å²) >= 11 is 3.58. The molecule has 4 aromatic rings. The Labute approximate surface area is 178 Å². The van der Waals surface area contributed by atoms with Gasteiger partial charge in [0.1, 0.15) is 5.75 Å². The van der Waals surface area contributed by atoms with Gasteiger partial charge in [0, 0.05) is 35.2 Å². The number of ether oxygens (including phenoxy) is 1. The Morgan fingerprint density at radius 3 is 2.41 bits per heavy atom. The van der Waals surface area contributed by atoms with Crippen molar-refractivity contribution in [2.75, 3.05) is 12.0 Å². The van der Waals surface area contributed by atoms with Gasteiger partial charge >= 0.3 is 0 Å². The highest BCUT2D eigenvalue weighted by molar-refractivity contribution is 9.10. The number of amides is 1. The highest BCUT2D eigenvalue weighted by Gasteiger charge is 2.20. The molecule has 1 heterocycles. The van der Waals surface area contributed by atoms with Gasteiger partial charge in [0.05, 0.1) is 18.3 Å². The van der Waals surface area contributed by atoms with Crippen LogP contribution in [0.1, 0.15) is 12.5 Å². The van der Waals surface area contributed by atoms with Crippen LogP contribution in [0, 0.1) is 0 Å². The zero-order chi connectivity index (χ0) is 20.4. The van der Waals surface area contributed by atoms with Crippen LogP contribution in [0.25, 0.3) is 10.9 Å². The van der Waals surface area contributed by atoms with Gasteiger partial charge in [-0.15, -0.1) is 0 Å². The number of rotatable bonds is 5. The summed E-state index contributed by atoms with van der Waals surface area (Å²) in [6, 6.07) is 23.9. The minimum absolute atomic E-state index is 0.0254. The van der Waals surface area contributed by atoms with Crippen LogP contribution in [-0.4, -0.2) is 17.6 Å². The molecule has 0 unspecified atom stereocenters. The standard InChI is InChI=1S/C24H21BrN2O2/c1-17(28)27(20-6-4-3-5-7-20)24-16-26(23-14-19(25)10-13-22(23)24)15-18-8-11-21(29-2)12-9-18/h3-14,16H,15H2,1-2H3. The van der Waals surface area contributed by atoms with Crippen molar-refractivity contribution in [2.24, 2.45) is 0 Å². The summed E-state index contributed by atoms with van der Waals surface area (Å²) in [6.45, 7) is 2.29. The summed E-state index contributed by atoms with van der Waals surface area (Å²) < 4.78 is 8.44. The zero-order valence-corrected chi connectivity index (χ0v) is 17.9. The molecule has 1 amide bonds. The Balaban J connectivity index is 1.83. The normalized spacial score (nSPS) is 10.9. The maximum absolute atomic E-state index is 12.6. The van der Waals surface area contributed by atoms with Crippen LogP contribution in [-0.2, 0) is 11.3 Å². The second-order valence-corrected chi connectivity index (χ2v) is 7.76. The fraction of sp³-hybridized carbons (Fsp3) is 0.125. The zero-order valence-electron chi connectivity index (χ0n) is 16.3. The molecule has 0 radical (unpaired) electrons. The first-order chi connectivity index (χ1) is 14.1. The van der Waals surface area contributed by atoms with E-state index in [4.69, 9.17) is 4.74 Å². The monoisotopic (exact) mass is 448 g/mol. The molecule has 3 aromatic carbocycles. The largest absolute Gasteiger partial charge is 0.497 e. The number of para-hydroxylation sites is 1. The third kappa shape index (κ3) is 3.91. The van der Waals surface area contributed by atoms with Gasteiger partial charge in [-0.25, -0.2) is 0 Å². The van der Waals surface area contributed by atoms with Gasteiger partial charge in [-0.1, -0.05) is 46.3 Å².